The van der Waals surface area contributed by atoms with Gasteiger partial charge in [-0.1, -0.05) is 27.7 Å². The van der Waals surface area contributed by atoms with Crippen LogP contribution in [0.5, 0.6) is 5.88 Å². The molecule has 1 aromatic heterocycles. The minimum Gasteiger partial charge on any atom is -0.473 e. The number of hydrogen-bond acceptors (Lipinski definition) is 11. The van der Waals surface area contributed by atoms with Crippen LogP contribution in [0.15, 0.2) is 54.6 Å². The van der Waals surface area contributed by atoms with Gasteiger partial charge in [-0.05, 0) is 80.6 Å². The number of anilines is 2. The molecule has 3 aromatic rings. The van der Waals surface area contributed by atoms with Crippen molar-refractivity contribution < 1.29 is 28.7 Å². The molecule has 308 valence electrons. The van der Waals surface area contributed by atoms with Crippen LogP contribution in [-0.2, 0) is 9.59 Å². The Balaban J connectivity index is 0.789. The predicted octanol–water partition coefficient (Wildman–Crippen LogP) is 4.31. The molecule has 5 heterocycles. The summed E-state index contributed by atoms with van der Waals surface area (Å²) in [6, 6.07) is 17.8. The number of piperidine rings is 2. The molecule has 2 N–H and O–H groups in total. The molecule has 14 nitrogen and oxygen atoms in total. The summed E-state index contributed by atoms with van der Waals surface area (Å²) >= 11 is 0. The van der Waals surface area contributed by atoms with Gasteiger partial charge >= 0.3 is 0 Å². The number of nitrogens with zero attached hydrogens (tertiary/aromatic N) is 6. The summed E-state index contributed by atoms with van der Waals surface area (Å²) in [4.78, 5) is 76.7. The van der Waals surface area contributed by atoms with Crippen molar-refractivity contribution in [1.29, 1.82) is 5.26 Å². The van der Waals surface area contributed by atoms with Gasteiger partial charge in [0.1, 0.15) is 18.2 Å². The number of pyridine rings is 1. The van der Waals surface area contributed by atoms with E-state index in [-0.39, 0.29) is 41.7 Å². The molecule has 5 aliphatic rings. The third kappa shape index (κ3) is 7.41. The quantitative estimate of drug-likeness (QED) is 0.296. The highest BCUT2D eigenvalue weighted by atomic mass is 16.5. The van der Waals surface area contributed by atoms with Crippen LogP contribution in [0, 0.1) is 35.0 Å². The summed E-state index contributed by atoms with van der Waals surface area (Å²) in [6.45, 7) is 16.5. The van der Waals surface area contributed by atoms with E-state index in [1.165, 1.54) is 0 Å². The Morgan fingerprint density at radius 3 is 2.14 bits per heavy atom. The molecule has 3 saturated heterocycles. The average molecular weight is 801 g/mol. The van der Waals surface area contributed by atoms with Crippen molar-refractivity contribution in [2.45, 2.75) is 78.5 Å². The number of benzene rings is 2. The lowest BCUT2D eigenvalue weighted by Gasteiger charge is -2.62. The van der Waals surface area contributed by atoms with Gasteiger partial charge in [0.2, 0.25) is 17.7 Å². The zero-order valence-corrected chi connectivity index (χ0v) is 34.4. The number of fused-ring (bicyclic) bond motifs is 1. The highest BCUT2D eigenvalue weighted by Gasteiger charge is 2.64. The van der Waals surface area contributed by atoms with E-state index in [0.717, 1.165) is 74.9 Å². The van der Waals surface area contributed by atoms with E-state index >= 15 is 0 Å². The summed E-state index contributed by atoms with van der Waals surface area (Å²) in [5.74, 6) is -1.02. The van der Waals surface area contributed by atoms with Crippen molar-refractivity contribution in [3.05, 3.63) is 82.5 Å². The van der Waals surface area contributed by atoms with E-state index in [9.17, 15) is 29.2 Å². The molecule has 8 rings (SSSR count). The van der Waals surface area contributed by atoms with E-state index in [2.05, 4.69) is 64.1 Å². The van der Waals surface area contributed by atoms with Crippen LogP contribution in [0.3, 0.4) is 0 Å². The van der Waals surface area contributed by atoms with Crippen LogP contribution < -0.4 is 25.2 Å². The number of nitrogens with one attached hydrogen (secondary N) is 2. The van der Waals surface area contributed by atoms with Crippen LogP contribution in [0.4, 0.5) is 11.4 Å². The van der Waals surface area contributed by atoms with Crippen LogP contribution in [0.1, 0.15) is 95.7 Å². The van der Waals surface area contributed by atoms with E-state index in [4.69, 9.17) is 4.74 Å². The fourth-order valence-corrected chi connectivity index (χ4v) is 10.3. The predicted molar refractivity (Wildman–Crippen MR) is 220 cm³/mol. The third-order valence-electron chi connectivity index (χ3n) is 13.3. The Bertz CT molecular complexity index is 2220. The number of ether oxygens (including phenoxy) is 1. The first-order chi connectivity index (χ1) is 28.1. The first-order valence-electron chi connectivity index (χ1n) is 20.7. The molecule has 1 aliphatic carbocycles. The molecular formula is C45H52N8O6. The molecule has 1 atom stereocenters. The van der Waals surface area contributed by atoms with E-state index in [1.54, 1.807) is 31.2 Å². The third-order valence-corrected chi connectivity index (χ3v) is 13.3. The number of piperazine rings is 1. The number of carbonyl (C=O) groups excluding carboxylic acids is 5. The monoisotopic (exact) mass is 800 g/mol. The molecule has 4 fully saturated rings. The maximum absolute atomic E-state index is 13.5. The Morgan fingerprint density at radius 1 is 0.847 bits per heavy atom. The molecule has 14 heteroatoms. The van der Waals surface area contributed by atoms with Crippen LogP contribution in [0.2, 0.25) is 0 Å². The smallest absolute Gasteiger partial charge is 0.262 e. The first-order valence-corrected chi connectivity index (χ1v) is 20.7. The van der Waals surface area contributed by atoms with E-state index in [1.807, 2.05) is 30.3 Å². The highest BCUT2D eigenvalue weighted by Crippen LogP contribution is 2.55. The van der Waals surface area contributed by atoms with Gasteiger partial charge in [-0.3, -0.25) is 39.1 Å². The molecule has 4 aliphatic heterocycles. The van der Waals surface area contributed by atoms with Crippen molar-refractivity contribution in [3.63, 3.8) is 0 Å². The normalized spacial score (nSPS) is 24.3. The minimum atomic E-state index is -0.974. The summed E-state index contributed by atoms with van der Waals surface area (Å²) < 4.78 is 6.36. The lowest BCUT2D eigenvalue weighted by molar-refractivity contribution is -0.165. The standard InChI is InChI=1S/C45H52N8O6/c1-27-30(25-46)8-15-37(47-27)59-43-44(2,3)42(45(43,4)5)49-38(55)29-6-9-31(10-7-29)51-18-16-28(17-19-51)26-50-20-22-52(23-21-50)32-11-12-33-34(24-32)41(58)53(40(33)57)35-13-14-36(54)48-39(35)56/h6-12,15,24,28,35,42-43H,13-14,16-23,26H2,1-5H3,(H,49,55)(H,48,54,56). The highest BCUT2D eigenvalue weighted by molar-refractivity contribution is 6.23. The lowest BCUT2D eigenvalue weighted by Crippen LogP contribution is -2.74. The second kappa shape index (κ2) is 15.4. The second-order valence-electron chi connectivity index (χ2n) is 17.9. The van der Waals surface area contributed by atoms with Crippen LogP contribution in [0.25, 0.3) is 0 Å². The summed E-state index contributed by atoms with van der Waals surface area (Å²) in [7, 11) is 0. The van der Waals surface area contributed by atoms with Crippen molar-refractivity contribution in [1.82, 2.24) is 25.4 Å². The number of aromatic nitrogens is 1. The SMILES string of the molecule is Cc1nc(OC2C(C)(C)C(NC(=O)c3ccc(N4CCC(CN5CCN(c6ccc7c(c6)C(=O)N(C6CCC(=O)NC6=O)C7=O)CC5)CC4)cc3)C2(C)C)ccc1C#N. The Hall–Kier alpha value is -5.81. The molecule has 1 saturated carbocycles. The van der Waals surface area contributed by atoms with Gasteiger partial charge in [0, 0.05) is 92.1 Å². The molecule has 0 spiro atoms. The Morgan fingerprint density at radius 2 is 1.49 bits per heavy atom. The van der Waals surface area contributed by atoms with E-state index < -0.39 is 29.7 Å². The van der Waals surface area contributed by atoms with Gasteiger partial charge in [-0.25, -0.2) is 4.98 Å². The van der Waals surface area contributed by atoms with Crippen molar-refractivity contribution in [3.8, 4) is 11.9 Å². The number of hydrogen-bond donors (Lipinski definition) is 2. The van der Waals surface area contributed by atoms with Gasteiger partial charge in [-0.2, -0.15) is 5.26 Å². The maximum Gasteiger partial charge on any atom is 0.262 e. The van der Waals surface area contributed by atoms with Gasteiger partial charge in [0.15, 0.2) is 0 Å². The topological polar surface area (TPSA) is 168 Å². The Kier molecular flexibility index (Phi) is 10.4. The fourth-order valence-electron chi connectivity index (χ4n) is 10.3. The molecule has 1 unspecified atom stereocenters. The van der Waals surface area contributed by atoms with Gasteiger partial charge < -0.3 is 19.9 Å². The molecular weight excluding hydrogens is 749 g/mol. The number of carbonyl (C=O) groups is 5. The summed E-state index contributed by atoms with van der Waals surface area (Å²) in [6.07, 6.45) is 2.21. The Labute approximate surface area is 344 Å². The van der Waals surface area contributed by atoms with Crippen LogP contribution in [-0.4, -0.2) is 108 Å². The maximum atomic E-state index is 13.5. The van der Waals surface area contributed by atoms with Crippen molar-refractivity contribution in [2.24, 2.45) is 16.7 Å². The number of amides is 5. The number of nitriles is 1. The number of aryl methyl sites for hydroxylation is 1. The average Bonchev–Trinajstić information content (AvgIpc) is 3.47. The van der Waals surface area contributed by atoms with E-state index in [0.29, 0.717) is 39.7 Å². The van der Waals surface area contributed by atoms with Gasteiger partial charge in [0.25, 0.3) is 17.7 Å². The van der Waals surface area contributed by atoms with Crippen molar-refractivity contribution in [2.75, 3.05) is 55.6 Å². The second-order valence-corrected chi connectivity index (χ2v) is 17.9. The summed E-state index contributed by atoms with van der Waals surface area (Å²) in [5.41, 5.74) is 3.68. The molecule has 5 amide bonds. The summed E-state index contributed by atoms with van der Waals surface area (Å²) in [5, 5.41) is 14.8. The minimum absolute atomic E-state index is 0.0912. The molecule has 2 aromatic carbocycles. The molecule has 59 heavy (non-hydrogen) atoms. The zero-order valence-electron chi connectivity index (χ0n) is 34.4. The molecule has 0 radical (unpaired) electrons. The zero-order chi connectivity index (χ0) is 41.8. The van der Waals surface area contributed by atoms with Crippen molar-refractivity contribution >= 4 is 40.9 Å². The van der Waals surface area contributed by atoms with Gasteiger partial charge in [-0.15, -0.1) is 0 Å². The first kappa shape index (κ1) is 40.0. The lowest BCUT2D eigenvalue weighted by atomic mass is 9.49. The number of imide groups is 2. The molecule has 0 bridgehead atoms. The largest absolute Gasteiger partial charge is 0.473 e. The number of rotatable bonds is 9. The van der Waals surface area contributed by atoms with Crippen LogP contribution >= 0.6 is 0 Å². The van der Waals surface area contributed by atoms with Gasteiger partial charge in [0.05, 0.1) is 22.4 Å². The fraction of sp³-hybridized carbons (Fsp3) is 0.489.